The second-order valence-electron chi connectivity index (χ2n) is 9.53. The van der Waals surface area contributed by atoms with E-state index in [1.165, 1.54) is 43.4 Å². The number of thioether (sulfide) groups is 1. The molecule has 1 heterocycles. The van der Waals surface area contributed by atoms with E-state index < -0.39 is 34.8 Å². The van der Waals surface area contributed by atoms with E-state index in [4.69, 9.17) is 14.2 Å². The topological polar surface area (TPSA) is 107 Å². The molecule has 4 rings (SSSR count). The maximum absolute atomic E-state index is 13.5. The van der Waals surface area contributed by atoms with Crippen molar-refractivity contribution in [3.05, 3.63) is 83.4 Å². The summed E-state index contributed by atoms with van der Waals surface area (Å²) < 4.78 is 55.5. The van der Waals surface area contributed by atoms with E-state index in [-0.39, 0.29) is 30.4 Å². The van der Waals surface area contributed by atoms with Gasteiger partial charge in [-0.05, 0) is 73.5 Å². The summed E-state index contributed by atoms with van der Waals surface area (Å²) in [6, 6.07) is 16.0. The molecule has 3 aromatic rings. The van der Waals surface area contributed by atoms with E-state index in [2.05, 4.69) is 10.3 Å². The number of carbonyl (C=O) groups excluding carboxylic acids is 3. The number of halogens is 3. The molecule has 0 saturated carbocycles. The number of hydrogen-bond acceptors (Lipinski definition) is 8. The average Bonchev–Trinajstić information content (AvgIpc) is 3.28. The van der Waals surface area contributed by atoms with Crippen molar-refractivity contribution < 1.29 is 41.8 Å². The fraction of sp³-hybridized carbons (Fsp3) is 0.290. The van der Waals surface area contributed by atoms with E-state index in [1.807, 2.05) is 6.07 Å². The average molecular weight is 630 g/mol. The number of hydrogen-bond donors (Lipinski definition) is 1. The van der Waals surface area contributed by atoms with Gasteiger partial charge in [-0.3, -0.25) is 14.5 Å². The molecule has 0 spiro atoms. The summed E-state index contributed by atoms with van der Waals surface area (Å²) >= 11 is 1.01. The van der Waals surface area contributed by atoms with Crippen LogP contribution in [0, 0.1) is 0 Å². The summed E-state index contributed by atoms with van der Waals surface area (Å²) in [5, 5.41) is 2.04. The minimum absolute atomic E-state index is 0.0260. The number of esters is 1. The minimum atomic E-state index is -4.56. The van der Waals surface area contributed by atoms with Crippen molar-refractivity contribution in [3.63, 3.8) is 0 Å². The maximum Gasteiger partial charge on any atom is 0.416 e. The van der Waals surface area contributed by atoms with Gasteiger partial charge in [0.25, 0.3) is 0 Å². The monoisotopic (exact) mass is 629 g/mol. The molecule has 0 aromatic heterocycles. The second-order valence-corrected chi connectivity index (χ2v) is 10.7. The van der Waals surface area contributed by atoms with Crippen LogP contribution in [0.3, 0.4) is 0 Å². The lowest BCUT2D eigenvalue weighted by Gasteiger charge is -2.17. The predicted molar refractivity (Wildman–Crippen MR) is 161 cm³/mol. The largest absolute Gasteiger partial charge is 0.493 e. The van der Waals surface area contributed by atoms with Crippen LogP contribution in [0.4, 0.5) is 24.5 Å². The Labute approximate surface area is 256 Å². The zero-order valence-electron chi connectivity index (χ0n) is 24.1. The number of anilines is 1. The number of rotatable bonds is 11. The van der Waals surface area contributed by atoms with Crippen molar-refractivity contribution >= 4 is 46.1 Å². The SMILES string of the molecule is CCOC(=O)c1ccc(NC(=O)C[C@@H]2SC(=Nc3cccc(C(F)(F)F)c3)N(CCc3ccc(OC)c(OC)c3)C2=O)cc1. The predicted octanol–water partition coefficient (Wildman–Crippen LogP) is 6.10. The van der Waals surface area contributed by atoms with E-state index >= 15 is 0 Å². The molecule has 9 nitrogen and oxygen atoms in total. The summed E-state index contributed by atoms with van der Waals surface area (Å²) in [4.78, 5) is 44.1. The summed E-state index contributed by atoms with van der Waals surface area (Å²) in [7, 11) is 3.02. The summed E-state index contributed by atoms with van der Waals surface area (Å²) in [6.45, 7) is 2.09. The lowest BCUT2D eigenvalue weighted by Crippen LogP contribution is -2.35. The third-order valence-electron chi connectivity index (χ3n) is 6.54. The minimum Gasteiger partial charge on any atom is -0.493 e. The first-order valence-electron chi connectivity index (χ1n) is 13.5. The van der Waals surface area contributed by atoms with Crippen molar-refractivity contribution in [3.8, 4) is 11.5 Å². The summed E-state index contributed by atoms with van der Waals surface area (Å²) in [5.74, 6) is -0.291. The number of alkyl halides is 3. The molecule has 232 valence electrons. The number of methoxy groups -OCH3 is 2. The van der Waals surface area contributed by atoms with Crippen LogP contribution in [-0.4, -0.2) is 60.5 Å². The van der Waals surface area contributed by atoms with Crippen molar-refractivity contribution in [2.45, 2.75) is 31.2 Å². The molecule has 1 fully saturated rings. The van der Waals surface area contributed by atoms with Gasteiger partial charge in [-0.2, -0.15) is 13.2 Å². The molecule has 1 aliphatic heterocycles. The van der Waals surface area contributed by atoms with Gasteiger partial charge in [-0.15, -0.1) is 0 Å². The fourth-order valence-corrected chi connectivity index (χ4v) is 5.54. The Morgan fingerprint density at radius 2 is 1.73 bits per heavy atom. The Hall–Kier alpha value is -4.52. The zero-order chi connectivity index (χ0) is 31.9. The van der Waals surface area contributed by atoms with Crippen LogP contribution in [0.15, 0.2) is 71.7 Å². The van der Waals surface area contributed by atoms with Crippen LogP contribution in [0.2, 0.25) is 0 Å². The Kier molecular flexibility index (Phi) is 10.5. The Balaban J connectivity index is 1.53. The molecule has 13 heteroatoms. The quantitative estimate of drug-likeness (QED) is 0.256. The van der Waals surface area contributed by atoms with Gasteiger partial charge in [-0.25, -0.2) is 9.79 Å². The first-order chi connectivity index (χ1) is 21.0. The molecule has 1 N–H and O–H groups in total. The van der Waals surface area contributed by atoms with Gasteiger partial charge in [0.1, 0.15) is 5.25 Å². The van der Waals surface area contributed by atoms with E-state index in [1.54, 1.807) is 31.2 Å². The number of amidine groups is 1. The van der Waals surface area contributed by atoms with Gasteiger partial charge in [0, 0.05) is 18.7 Å². The van der Waals surface area contributed by atoms with Crippen LogP contribution >= 0.6 is 11.8 Å². The number of nitrogens with one attached hydrogen (secondary N) is 1. The molecule has 0 aliphatic carbocycles. The molecule has 3 aromatic carbocycles. The van der Waals surface area contributed by atoms with E-state index in [0.717, 1.165) is 29.5 Å². The van der Waals surface area contributed by atoms with E-state index in [0.29, 0.717) is 29.2 Å². The molecule has 1 atom stereocenters. The highest BCUT2D eigenvalue weighted by Gasteiger charge is 2.39. The molecule has 2 amide bonds. The molecule has 0 bridgehead atoms. The van der Waals surface area contributed by atoms with Gasteiger partial charge in [0.05, 0.1) is 37.6 Å². The molecular weight excluding hydrogens is 599 g/mol. The highest BCUT2D eigenvalue weighted by atomic mass is 32.2. The van der Waals surface area contributed by atoms with Crippen LogP contribution < -0.4 is 14.8 Å². The Morgan fingerprint density at radius 1 is 1.00 bits per heavy atom. The summed E-state index contributed by atoms with van der Waals surface area (Å²) in [5.41, 5.74) is 0.730. The van der Waals surface area contributed by atoms with Gasteiger partial charge in [0.2, 0.25) is 11.8 Å². The standard InChI is InChI=1S/C31H30F3N3O6S/c1-4-43-29(40)20-9-11-22(12-10-20)35-27(38)18-26-28(39)37(15-14-19-8-13-24(41-2)25(16-19)42-3)30(44-26)36-23-7-5-6-21(17-23)31(32,33)34/h5-13,16-17,26H,4,14-15,18H2,1-3H3,(H,35,38)/t26-/m0/s1. The van der Waals surface area contributed by atoms with Crippen molar-refractivity contribution in [1.82, 2.24) is 4.90 Å². The lowest BCUT2D eigenvalue weighted by molar-refractivity contribution is -0.137. The van der Waals surface area contributed by atoms with Crippen LogP contribution in [0.5, 0.6) is 11.5 Å². The zero-order valence-corrected chi connectivity index (χ0v) is 25.0. The molecule has 0 radical (unpaired) electrons. The number of amides is 2. The van der Waals surface area contributed by atoms with Gasteiger partial charge in [0.15, 0.2) is 16.7 Å². The molecule has 1 saturated heterocycles. The van der Waals surface area contributed by atoms with Gasteiger partial charge < -0.3 is 19.5 Å². The molecule has 44 heavy (non-hydrogen) atoms. The lowest BCUT2D eigenvalue weighted by atomic mass is 10.1. The normalized spacial score (nSPS) is 15.8. The third kappa shape index (κ3) is 8.10. The van der Waals surface area contributed by atoms with Crippen LogP contribution in [0.1, 0.15) is 34.8 Å². The second kappa shape index (κ2) is 14.3. The van der Waals surface area contributed by atoms with Crippen LogP contribution in [0.25, 0.3) is 0 Å². The van der Waals surface area contributed by atoms with Gasteiger partial charge in [-0.1, -0.05) is 23.9 Å². The highest BCUT2D eigenvalue weighted by Crippen LogP contribution is 2.35. The Bertz CT molecular complexity index is 1550. The molecule has 1 aliphatic rings. The number of aliphatic imine (C=N–C) groups is 1. The molecular formula is C31H30F3N3O6S. The smallest absolute Gasteiger partial charge is 0.416 e. The van der Waals surface area contributed by atoms with Crippen molar-refractivity contribution in [2.24, 2.45) is 4.99 Å². The van der Waals surface area contributed by atoms with Crippen molar-refractivity contribution in [2.75, 3.05) is 32.7 Å². The first-order valence-corrected chi connectivity index (χ1v) is 14.4. The Morgan fingerprint density at radius 3 is 2.39 bits per heavy atom. The number of carbonyl (C=O) groups is 3. The first kappa shape index (κ1) is 32.4. The maximum atomic E-state index is 13.5. The van der Waals surface area contributed by atoms with Gasteiger partial charge >= 0.3 is 12.1 Å². The fourth-order valence-electron chi connectivity index (χ4n) is 4.35. The molecule has 0 unspecified atom stereocenters. The number of nitrogens with zero attached hydrogens (tertiary/aromatic N) is 2. The number of benzene rings is 3. The third-order valence-corrected chi connectivity index (χ3v) is 7.72. The van der Waals surface area contributed by atoms with Crippen LogP contribution in [-0.2, 0) is 26.9 Å². The highest BCUT2D eigenvalue weighted by molar-refractivity contribution is 8.15. The number of ether oxygens (including phenoxy) is 3. The summed E-state index contributed by atoms with van der Waals surface area (Å²) in [6.07, 6.45) is -4.39. The van der Waals surface area contributed by atoms with Crippen molar-refractivity contribution in [1.29, 1.82) is 0 Å². The van der Waals surface area contributed by atoms with E-state index in [9.17, 15) is 27.6 Å².